The van der Waals surface area contributed by atoms with E-state index in [1.807, 2.05) is 13.0 Å². The van der Waals surface area contributed by atoms with Crippen LogP contribution in [0.3, 0.4) is 0 Å². The lowest BCUT2D eigenvalue weighted by molar-refractivity contribution is -0.117. The molecule has 4 nitrogen and oxygen atoms in total. The molecule has 6 heteroatoms. The van der Waals surface area contributed by atoms with Gasteiger partial charge >= 0.3 is 0 Å². The Balaban J connectivity index is 2.07. The largest absolute Gasteiger partial charge is 0.311 e. The van der Waals surface area contributed by atoms with Crippen molar-refractivity contribution in [3.63, 3.8) is 0 Å². The third-order valence-electron chi connectivity index (χ3n) is 3.05. The van der Waals surface area contributed by atoms with Gasteiger partial charge in [0.15, 0.2) is 5.12 Å². The van der Waals surface area contributed by atoms with E-state index in [1.165, 1.54) is 11.8 Å². The molecule has 1 atom stereocenters. The number of rotatable bonds is 3. The number of halogens is 1. The Hall–Kier alpha value is -0.880. The summed E-state index contributed by atoms with van der Waals surface area (Å²) < 4.78 is 0.902. The number of carbonyl (C=O) groups excluding carboxylic acids is 2. The van der Waals surface area contributed by atoms with E-state index in [-0.39, 0.29) is 16.9 Å². The minimum absolute atomic E-state index is 0.102. The Bertz CT molecular complexity index is 521. The van der Waals surface area contributed by atoms with E-state index in [9.17, 15) is 9.59 Å². The highest BCUT2D eigenvalue weighted by Gasteiger charge is 2.31. The van der Waals surface area contributed by atoms with Gasteiger partial charge in [-0.15, -0.1) is 0 Å². The van der Waals surface area contributed by atoms with Crippen molar-refractivity contribution in [1.29, 1.82) is 0 Å². The van der Waals surface area contributed by atoms with E-state index in [0.717, 1.165) is 15.9 Å². The van der Waals surface area contributed by atoms with Crippen molar-refractivity contribution in [1.82, 2.24) is 4.98 Å². The first-order valence-corrected chi connectivity index (χ1v) is 7.81. The molecule has 0 N–H and O–H groups in total. The second-order valence-corrected chi connectivity index (χ2v) is 6.69. The lowest BCUT2D eigenvalue weighted by Crippen LogP contribution is -2.25. The van der Waals surface area contributed by atoms with Crippen LogP contribution in [-0.4, -0.2) is 28.3 Å². The maximum atomic E-state index is 12.0. The van der Waals surface area contributed by atoms with Crippen LogP contribution in [0.4, 0.5) is 5.69 Å². The highest BCUT2D eigenvalue weighted by molar-refractivity contribution is 9.10. The van der Waals surface area contributed by atoms with E-state index < -0.39 is 0 Å². The smallest absolute Gasteiger partial charge is 0.227 e. The van der Waals surface area contributed by atoms with Gasteiger partial charge in [-0.25, -0.2) is 0 Å². The normalized spacial score (nSPS) is 19.0. The lowest BCUT2D eigenvalue weighted by Gasteiger charge is -2.17. The molecule has 1 fully saturated rings. The summed E-state index contributed by atoms with van der Waals surface area (Å²) in [5.41, 5.74) is 1.72. The number of amides is 1. The number of nitrogens with zero attached hydrogens (tertiary/aromatic N) is 2. The molecule has 102 valence electrons. The standard InChI is InChI=1S/C13H15BrN2O2S/c1-8-12(14)4-11(5-15-8)16-6-10(3-13(16)18)7-19-9(2)17/h4-5,10H,3,6-7H2,1-2H3. The minimum Gasteiger partial charge on any atom is -0.311 e. The number of carbonyl (C=O) groups is 2. The van der Waals surface area contributed by atoms with Gasteiger partial charge in [-0.3, -0.25) is 14.6 Å². The first kappa shape index (κ1) is 14.5. The molecule has 0 aromatic carbocycles. The zero-order valence-electron chi connectivity index (χ0n) is 10.9. The van der Waals surface area contributed by atoms with Gasteiger partial charge in [-0.2, -0.15) is 0 Å². The van der Waals surface area contributed by atoms with Gasteiger partial charge in [0.1, 0.15) is 0 Å². The Morgan fingerprint density at radius 1 is 1.63 bits per heavy atom. The van der Waals surface area contributed by atoms with E-state index in [2.05, 4.69) is 20.9 Å². The van der Waals surface area contributed by atoms with Gasteiger partial charge < -0.3 is 4.90 Å². The molecule has 1 unspecified atom stereocenters. The maximum absolute atomic E-state index is 12.0. The molecule has 0 bridgehead atoms. The third kappa shape index (κ3) is 3.57. The molecule has 1 aliphatic heterocycles. The molecule has 0 radical (unpaired) electrons. The molecular weight excluding hydrogens is 328 g/mol. The molecule has 19 heavy (non-hydrogen) atoms. The highest BCUT2D eigenvalue weighted by atomic mass is 79.9. The van der Waals surface area contributed by atoms with E-state index in [1.54, 1.807) is 18.0 Å². The number of thioether (sulfide) groups is 1. The van der Waals surface area contributed by atoms with Crippen molar-refractivity contribution in [3.8, 4) is 0 Å². The molecule has 0 saturated carbocycles. The average Bonchev–Trinajstić information content (AvgIpc) is 2.72. The zero-order chi connectivity index (χ0) is 14.0. The highest BCUT2D eigenvalue weighted by Crippen LogP contribution is 2.29. The van der Waals surface area contributed by atoms with Crippen LogP contribution in [0, 0.1) is 12.8 Å². The Labute approximate surface area is 125 Å². The quantitative estimate of drug-likeness (QED) is 0.847. The molecule has 2 heterocycles. The van der Waals surface area contributed by atoms with Crippen LogP contribution in [0.1, 0.15) is 19.0 Å². The maximum Gasteiger partial charge on any atom is 0.227 e. The summed E-state index contributed by atoms with van der Waals surface area (Å²) in [5.74, 6) is 1.05. The molecule has 1 aromatic heterocycles. The fraction of sp³-hybridized carbons (Fsp3) is 0.462. The van der Waals surface area contributed by atoms with Crippen LogP contribution in [-0.2, 0) is 9.59 Å². The number of aromatic nitrogens is 1. The number of pyridine rings is 1. The van der Waals surface area contributed by atoms with Gasteiger partial charge in [0.05, 0.1) is 17.6 Å². The fourth-order valence-corrected chi connectivity index (χ4v) is 3.05. The lowest BCUT2D eigenvalue weighted by atomic mass is 10.1. The summed E-state index contributed by atoms with van der Waals surface area (Å²) >= 11 is 4.72. The van der Waals surface area contributed by atoms with E-state index >= 15 is 0 Å². The topological polar surface area (TPSA) is 50.3 Å². The van der Waals surface area contributed by atoms with Gasteiger partial charge in [-0.1, -0.05) is 11.8 Å². The predicted molar refractivity (Wildman–Crippen MR) is 80.3 cm³/mol. The summed E-state index contributed by atoms with van der Waals surface area (Å²) in [6.45, 7) is 4.13. The molecule has 1 aromatic rings. The monoisotopic (exact) mass is 342 g/mol. The molecular formula is C13H15BrN2O2S. The van der Waals surface area contributed by atoms with Crippen LogP contribution in [0.2, 0.25) is 0 Å². The number of anilines is 1. The zero-order valence-corrected chi connectivity index (χ0v) is 13.3. The van der Waals surface area contributed by atoms with Crippen LogP contribution in [0.15, 0.2) is 16.7 Å². The Kier molecular flexibility index (Phi) is 4.62. The van der Waals surface area contributed by atoms with Crippen molar-refractivity contribution in [2.75, 3.05) is 17.2 Å². The van der Waals surface area contributed by atoms with Crippen LogP contribution in [0.25, 0.3) is 0 Å². The van der Waals surface area contributed by atoms with Crippen LogP contribution >= 0.6 is 27.7 Å². The second-order valence-electron chi connectivity index (χ2n) is 4.64. The number of hydrogen-bond donors (Lipinski definition) is 0. The first-order chi connectivity index (χ1) is 8.97. The summed E-state index contributed by atoms with van der Waals surface area (Å²) in [5, 5.41) is 0.102. The van der Waals surface area contributed by atoms with Crippen molar-refractivity contribution < 1.29 is 9.59 Å². The Morgan fingerprint density at radius 3 is 3.00 bits per heavy atom. The molecule has 2 rings (SSSR count). The average molecular weight is 343 g/mol. The third-order valence-corrected chi connectivity index (χ3v) is 4.90. The summed E-state index contributed by atoms with van der Waals surface area (Å²) in [7, 11) is 0. The molecule has 1 saturated heterocycles. The van der Waals surface area contributed by atoms with Crippen molar-refractivity contribution >= 4 is 44.4 Å². The summed E-state index contributed by atoms with van der Waals surface area (Å²) in [4.78, 5) is 29.0. The van der Waals surface area contributed by atoms with Gasteiger partial charge in [0, 0.05) is 30.1 Å². The fourth-order valence-electron chi connectivity index (χ4n) is 2.02. The van der Waals surface area contributed by atoms with Gasteiger partial charge in [0.2, 0.25) is 5.91 Å². The van der Waals surface area contributed by atoms with Crippen molar-refractivity contribution in [3.05, 3.63) is 22.4 Å². The van der Waals surface area contributed by atoms with Crippen LogP contribution in [0.5, 0.6) is 0 Å². The molecule has 1 aliphatic rings. The van der Waals surface area contributed by atoms with Crippen molar-refractivity contribution in [2.24, 2.45) is 5.92 Å². The SMILES string of the molecule is CC(=O)SCC1CC(=O)N(c2cnc(C)c(Br)c2)C1. The minimum atomic E-state index is 0.102. The van der Waals surface area contributed by atoms with Crippen molar-refractivity contribution in [2.45, 2.75) is 20.3 Å². The van der Waals surface area contributed by atoms with Crippen LogP contribution < -0.4 is 4.90 Å². The summed E-state index contributed by atoms with van der Waals surface area (Å²) in [6.07, 6.45) is 2.23. The molecule has 0 spiro atoms. The predicted octanol–water partition coefficient (Wildman–Crippen LogP) is 2.79. The number of aryl methyl sites for hydroxylation is 1. The first-order valence-electron chi connectivity index (χ1n) is 6.03. The Morgan fingerprint density at radius 2 is 2.37 bits per heavy atom. The second kappa shape index (κ2) is 6.05. The molecule has 0 aliphatic carbocycles. The van der Waals surface area contributed by atoms with Gasteiger partial charge in [0.25, 0.3) is 0 Å². The van der Waals surface area contributed by atoms with E-state index in [0.29, 0.717) is 18.7 Å². The molecule has 1 amide bonds. The van der Waals surface area contributed by atoms with E-state index in [4.69, 9.17) is 0 Å². The summed E-state index contributed by atoms with van der Waals surface area (Å²) in [6, 6.07) is 1.92. The number of hydrogen-bond acceptors (Lipinski definition) is 4. The van der Waals surface area contributed by atoms with Gasteiger partial charge in [-0.05, 0) is 34.8 Å².